The second-order valence-corrected chi connectivity index (χ2v) is 21.4. The number of ether oxygens (including phenoxy) is 3. The number of thiophene rings is 4. The highest BCUT2D eigenvalue weighted by atomic mass is 32.1. The molecule has 70 heavy (non-hydrogen) atoms. The van der Waals surface area contributed by atoms with Crippen LogP contribution in [0.15, 0.2) is 163 Å². The number of nitrogens with zero attached hydrogens (tertiary/aromatic N) is 2. The van der Waals surface area contributed by atoms with Crippen molar-refractivity contribution in [3.05, 3.63) is 168 Å². The lowest BCUT2D eigenvalue weighted by Gasteiger charge is -2.26. The van der Waals surface area contributed by atoms with E-state index in [4.69, 9.17) is 14.2 Å². The molecule has 5 aromatic carbocycles. The summed E-state index contributed by atoms with van der Waals surface area (Å²) in [5, 5.41) is 9.31. The van der Waals surface area contributed by atoms with Crippen molar-refractivity contribution in [2.75, 3.05) is 18.1 Å². The van der Waals surface area contributed by atoms with Crippen LogP contribution < -0.4 is 14.4 Å². The van der Waals surface area contributed by atoms with E-state index in [-0.39, 0.29) is 12.2 Å². The fourth-order valence-electron chi connectivity index (χ4n) is 8.28. The zero-order valence-electron chi connectivity index (χ0n) is 39.4. The molecule has 0 radical (unpaired) electrons. The number of nitriles is 1. The standard InChI is InChI=1S/C60H54N2O4S4/c1-3-5-7-9-35-64-50-27-17-44(18-28-50)56-33-31-54(68-56)42-11-21-47(22-12-42)62(49-25-15-46(16-26-49)58-39-60-59(70-58)38-53(67-60)37-52(40-61)66-41-63)48-23-13-43(14-24-48)55-32-34-57(69-55)45-19-29-51(30-20-45)65-36-10-8-6-4-2/h11-34,37-39,41H,3-10,35-36H2,1-2H3. The maximum absolute atomic E-state index is 10.8. The lowest BCUT2D eigenvalue weighted by molar-refractivity contribution is -0.124. The third kappa shape index (κ3) is 12.0. The van der Waals surface area contributed by atoms with Gasteiger partial charge in [0.25, 0.3) is 6.47 Å². The first kappa shape index (κ1) is 48.3. The SMILES string of the molecule is CCCCCCOc1ccc(-c2ccc(-c3ccc(N(c4ccc(-c5ccc(-c6ccc(OCCCCCC)cc6)s5)cc4)c4ccc(-c5cc6sc(C=C(C#N)OC=O)cc6s5)cc4)cc3)s2)cc1. The molecule has 0 saturated carbocycles. The second-order valence-electron chi connectivity index (χ2n) is 17.0. The highest BCUT2D eigenvalue weighted by Gasteiger charge is 2.17. The molecule has 10 heteroatoms. The molecule has 0 aliphatic carbocycles. The molecular formula is C60H54N2O4S4. The molecule has 4 heterocycles. The quantitative estimate of drug-likeness (QED) is 0.0275. The van der Waals surface area contributed by atoms with Gasteiger partial charge in [0.1, 0.15) is 17.6 Å². The monoisotopic (exact) mass is 994 g/mol. The molecular weight excluding hydrogens is 941 g/mol. The van der Waals surface area contributed by atoms with Gasteiger partial charge in [0, 0.05) is 61.8 Å². The van der Waals surface area contributed by atoms with Crippen molar-refractivity contribution in [3.8, 4) is 69.8 Å². The van der Waals surface area contributed by atoms with E-state index in [2.05, 4.69) is 170 Å². The molecule has 0 fully saturated rings. The van der Waals surface area contributed by atoms with Gasteiger partial charge in [-0.1, -0.05) is 88.8 Å². The summed E-state index contributed by atoms with van der Waals surface area (Å²) in [5.74, 6) is 1.82. The molecule has 0 aliphatic heterocycles. The number of anilines is 3. The smallest absolute Gasteiger partial charge is 0.299 e. The van der Waals surface area contributed by atoms with E-state index in [0.29, 0.717) is 0 Å². The summed E-state index contributed by atoms with van der Waals surface area (Å²) >= 11 is 6.87. The van der Waals surface area contributed by atoms with Crippen molar-refractivity contribution < 1.29 is 19.0 Å². The van der Waals surface area contributed by atoms with Crippen LogP contribution in [-0.4, -0.2) is 19.7 Å². The van der Waals surface area contributed by atoms with Crippen LogP contribution in [0.25, 0.3) is 67.7 Å². The van der Waals surface area contributed by atoms with Crippen molar-refractivity contribution in [1.29, 1.82) is 5.26 Å². The molecule has 0 bridgehead atoms. The van der Waals surface area contributed by atoms with Crippen molar-refractivity contribution in [2.45, 2.75) is 65.2 Å². The van der Waals surface area contributed by atoms with Crippen LogP contribution in [0.4, 0.5) is 17.1 Å². The average molecular weight is 995 g/mol. The molecule has 4 aromatic heterocycles. The summed E-state index contributed by atoms with van der Waals surface area (Å²) in [4.78, 5) is 20.0. The zero-order valence-corrected chi connectivity index (χ0v) is 42.7. The Morgan fingerprint density at radius 3 is 1.27 bits per heavy atom. The molecule has 0 spiro atoms. The number of hydrogen-bond donors (Lipinski definition) is 0. The number of benzene rings is 5. The minimum atomic E-state index is -0.0258. The molecule has 9 aromatic rings. The van der Waals surface area contributed by atoms with Gasteiger partial charge in [-0.15, -0.1) is 45.3 Å². The number of carbonyl (C=O) groups excluding carboxylic acids is 1. The topological polar surface area (TPSA) is 71.8 Å². The predicted octanol–water partition coefficient (Wildman–Crippen LogP) is 18.8. The molecule has 0 saturated heterocycles. The van der Waals surface area contributed by atoms with E-state index in [9.17, 15) is 10.1 Å². The van der Waals surface area contributed by atoms with Gasteiger partial charge in [0.2, 0.25) is 5.76 Å². The highest BCUT2D eigenvalue weighted by molar-refractivity contribution is 7.29. The van der Waals surface area contributed by atoms with Gasteiger partial charge in [0.15, 0.2) is 0 Å². The zero-order chi connectivity index (χ0) is 48.1. The lowest BCUT2D eigenvalue weighted by Crippen LogP contribution is -2.09. The Hall–Kier alpha value is -6.74. The predicted molar refractivity (Wildman–Crippen MR) is 297 cm³/mol. The molecule has 0 aliphatic rings. The summed E-state index contributed by atoms with van der Waals surface area (Å²) in [5.41, 5.74) is 9.02. The van der Waals surface area contributed by atoms with Crippen molar-refractivity contribution in [1.82, 2.24) is 0 Å². The third-order valence-electron chi connectivity index (χ3n) is 12.0. The molecule has 6 nitrogen and oxygen atoms in total. The van der Waals surface area contributed by atoms with Crippen LogP contribution in [0.3, 0.4) is 0 Å². The fraction of sp³-hybridized carbons (Fsp3) is 0.200. The van der Waals surface area contributed by atoms with Gasteiger partial charge in [-0.05, 0) is 162 Å². The number of allylic oxidation sites excluding steroid dienone is 1. The molecule has 9 rings (SSSR count). The normalized spacial score (nSPS) is 11.4. The summed E-state index contributed by atoms with van der Waals surface area (Å²) in [7, 11) is 0. The van der Waals surface area contributed by atoms with Crippen molar-refractivity contribution in [3.63, 3.8) is 0 Å². The molecule has 0 atom stereocenters. The Labute approximate surface area is 427 Å². The minimum absolute atomic E-state index is 0.0258. The van der Waals surface area contributed by atoms with E-state index >= 15 is 0 Å². The first-order chi connectivity index (χ1) is 34.5. The van der Waals surface area contributed by atoms with Gasteiger partial charge in [-0.3, -0.25) is 4.79 Å². The second kappa shape index (κ2) is 23.7. The fourth-order valence-corrected chi connectivity index (χ4v) is 12.7. The van der Waals surface area contributed by atoms with E-state index in [0.717, 1.165) is 79.3 Å². The van der Waals surface area contributed by atoms with Crippen LogP contribution in [0.1, 0.15) is 70.1 Å². The molecule has 0 amide bonds. The number of rotatable bonds is 23. The first-order valence-electron chi connectivity index (χ1n) is 24.0. The largest absolute Gasteiger partial charge is 0.494 e. The maximum Gasteiger partial charge on any atom is 0.299 e. The number of unbranched alkanes of at least 4 members (excludes halogenated alkanes) is 6. The number of fused-ring (bicyclic) bond motifs is 1. The first-order valence-corrected chi connectivity index (χ1v) is 27.3. The molecule has 352 valence electrons. The van der Waals surface area contributed by atoms with Gasteiger partial charge in [-0.2, -0.15) is 5.26 Å². The van der Waals surface area contributed by atoms with Crippen LogP contribution >= 0.6 is 45.3 Å². The van der Waals surface area contributed by atoms with E-state index < -0.39 is 0 Å². The molecule has 0 unspecified atom stereocenters. The summed E-state index contributed by atoms with van der Waals surface area (Å²) < 4.78 is 19.0. The Bertz CT molecular complexity index is 3000. The van der Waals surface area contributed by atoms with Crippen LogP contribution in [0.2, 0.25) is 0 Å². The summed E-state index contributed by atoms with van der Waals surface area (Å²) in [6.45, 7) is 6.26. The average Bonchev–Trinajstić information content (AvgIpc) is 4.24. The lowest BCUT2D eigenvalue weighted by atomic mass is 10.1. The van der Waals surface area contributed by atoms with Gasteiger partial charge in [-0.25, -0.2) is 0 Å². The summed E-state index contributed by atoms with van der Waals surface area (Å²) in [6.07, 6.45) is 11.2. The van der Waals surface area contributed by atoms with Crippen LogP contribution in [-0.2, 0) is 9.53 Å². The maximum atomic E-state index is 10.8. The minimum Gasteiger partial charge on any atom is -0.494 e. The van der Waals surface area contributed by atoms with E-state index in [1.165, 1.54) is 80.3 Å². The van der Waals surface area contributed by atoms with E-state index in [1.54, 1.807) is 51.4 Å². The van der Waals surface area contributed by atoms with E-state index in [1.807, 2.05) is 12.1 Å². The van der Waals surface area contributed by atoms with Crippen LogP contribution in [0.5, 0.6) is 11.5 Å². The summed E-state index contributed by atoms with van der Waals surface area (Å²) in [6, 6.07) is 58.5. The Kier molecular flexibility index (Phi) is 16.4. The molecule has 0 N–H and O–H groups in total. The van der Waals surface area contributed by atoms with Crippen LogP contribution in [0, 0.1) is 11.3 Å². The number of hydrogen-bond acceptors (Lipinski definition) is 10. The van der Waals surface area contributed by atoms with Gasteiger partial charge < -0.3 is 19.1 Å². The van der Waals surface area contributed by atoms with Gasteiger partial charge >= 0.3 is 0 Å². The highest BCUT2D eigenvalue weighted by Crippen LogP contribution is 2.43. The Morgan fingerprint density at radius 1 is 0.486 bits per heavy atom. The van der Waals surface area contributed by atoms with Gasteiger partial charge in [0.05, 0.1) is 13.2 Å². The third-order valence-corrected chi connectivity index (χ3v) is 16.7. The Morgan fingerprint density at radius 2 is 0.886 bits per heavy atom. The van der Waals surface area contributed by atoms with Crippen molar-refractivity contribution in [2.24, 2.45) is 0 Å². The Balaban J connectivity index is 0.946. The van der Waals surface area contributed by atoms with Crippen molar-refractivity contribution >= 4 is 84.4 Å². The number of carbonyl (C=O) groups is 1.